The van der Waals surface area contributed by atoms with E-state index in [-0.39, 0.29) is 5.91 Å². The van der Waals surface area contributed by atoms with Crippen molar-refractivity contribution in [1.82, 2.24) is 10.2 Å². The molecule has 1 aromatic rings. The number of para-hydroxylation sites is 1. The van der Waals surface area contributed by atoms with Crippen LogP contribution in [0.15, 0.2) is 24.3 Å². The lowest BCUT2D eigenvalue weighted by atomic mass is 9.92. The molecule has 1 aliphatic rings. The van der Waals surface area contributed by atoms with Crippen molar-refractivity contribution in [1.29, 1.82) is 0 Å². The Kier molecular flexibility index (Phi) is 6.25. The number of carbonyl (C=O) groups excluding carboxylic acids is 1. The third-order valence-electron chi connectivity index (χ3n) is 4.22. The third kappa shape index (κ3) is 5.02. The van der Waals surface area contributed by atoms with E-state index in [1.54, 1.807) is 7.11 Å². The Bertz CT molecular complexity index is 480. The molecule has 0 aromatic heterocycles. The summed E-state index contributed by atoms with van der Waals surface area (Å²) in [4.78, 5) is 14.4. The van der Waals surface area contributed by atoms with E-state index in [0.717, 1.165) is 30.8 Å². The Morgan fingerprint density at radius 2 is 1.95 bits per heavy atom. The average Bonchev–Trinajstić information content (AvgIpc) is 2.46. The highest BCUT2D eigenvalue weighted by molar-refractivity contribution is 5.78. The molecule has 1 N–H and O–H groups in total. The minimum atomic E-state index is 0.121. The SMILES string of the molecule is COc1ccccc1CCNC(=O)CN1C[C@H](C)C[C@@H](C)C1. The second-order valence-corrected chi connectivity index (χ2v) is 6.55. The normalized spacial score (nSPS) is 22.3. The van der Waals surface area contributed by atoms with E-state index in [4.69, 9.17) is 4.74 Å². The maximum atomic E-state index is 12.1. The standard InChI is InChI=1S/C18H28N2O2/c1-14-10-15(2)12-20(11-14)13-18(21)19-9-8-16-6-4-5-7-17(16)22-3/h4-7,14-15H,8-13H2,1-3H3,(H,19,21)/t14-,15-/m1/s1. The molecular formula is C18H28N2O2. The van der Waals surface area contributed by atoms with E-state index < -0.39 is 0 Å². The number of ether oxygens (including phenoxy) is 1. The quantitative estimate of drug-likeness (QED) is 0.877. The molecule has 1 saturated heterocycles. The van der Waals surface area contributed by atoms with Gasteiger partial charge in [0.25, 0.3) is 0 Å². The fourth-order valence-electron chi connectivity index (χ4n) is 3.43. The summed E-state index contributed by atoms with van der Waals surface area (Å²) < 4.78 is 5.33. The Morgan fingerprint density at radius 3 is 2.64 bits per heavy atom. The van der Waals surface area contributed by atoms with Crippen LogP contribution in [0.5, 0.6) is 5.75 Å². The van der Waals surface area contributed by atoms with Crippen molar-refractivity contribution in [2.75, 3.05) is 33.3 Å². The number of hydrogen-bond acceptors (Lipinski definition) is 3. The summed E-state index contributed by atoms with van der Waals surface area (Å²) in [5.41, 5.74) is 1.13. The first kappa shape index (κ1) is 16.8. The van der Waals surface area contributed by atoms with Crippen molar-refractivity contribution in [3.8, 4) is 5.75 Å². The number of hydrogen-bond donors (Lipinski definition) is 1. The maximum Gasteiger partial charge on any atom is 0.234 e. The molecule has 0 aliphatic carbocycles. The van der Waals surface area contributed by atoms with E-state index in [2.05, 4.69) is 24.1 Å². The lowest BCUT2D eigenvalue weighted by molar-refractivity contribution is -0.122. The molecule has 2 atom stereocenters. The Labute approximate surface area is 133 Å². The van der Waals surface area contributed by atoms with Gasteiger partial charge in [0.15, 0.2) is 0 Å². The number of nitrogens with zero attached hydrogens (tertiary/aromatic N) is 1. The van der Waals surface area contributed by atoms with Gasteiger partial charge < -0.3 is 10.1 Å². The van der Waals surface area contributed by atoms with Crippen LogP contribution in [-0.4, -0.2) is 44.1 Å². The topological polar surface area (TPSA) is 41.6 Å². The molecule has 0 bridgehead atoms. The first-order valence-corrected chi connectivity index (χ1v) is 8.19. The van der Waals surface area contributed by atoms with E-state index in [1.807, 2.05) is 24.3 Å². The molecule has 1 heterocycles. The zero-order valence-corrected chi connectivity index (χ0v) is 14.0. The van der Waals surface area contributed by atoms with Gasteiger partial charge in [-0.15, -0.1) is 0 Å². The maximum absolute atomic E-state index is 12.1. The Morgan fingerprint density at radius 1 is 1.27 bits per heavy atom. The molecule has 0 unspecified atom stereocenters. The highest BCUT2D eigenvalue weighted by Crippen LogP contribution is 2.20. The van der Waals surface area contributed by atoms with Gasteiger partial charge in [-0.05, 0) is 36.3 Å². The highest BCUT2D eigenvalue weighted by Gasteiger charge is 2.23. The van der Waals surface area contributed by atoms with Crippen LogP contribution in [-0.2, 0) is 11.2 Å². The summed E-state index contributed by atoms with van der Waals surface area (Å²) in [5.74, 6) is 2.38. The fraction of sp³-hybridized carbons (Fsp3) is 0.611. The van der Waals surface area contributed by atoms with Crippen LogP contribution in [0.3, 0.4) is 0 Å². The Hall–Kier alpha value is -1.55. The zero-order valence-electron chi connectivity index (χ0n) is 14.0. The van der Waals surface area contributed by atoms with Crippen LogP contribution in [0.25, 0.3) is 0 Å². The smallest absolute Gasteiger partial charge is 0.234 e. The summed E-state index contributed by atoms with van der Waals surface area (Å²) in [7, 11) is 1.68. The van der Waals surface area contributed by atoms with Crippen LogP contribution in [0.2, 0.25) is 0 Å². The van der Waals surface area contributed by atoms with Crippen molar-refractivity contribution in [3.63, 3.8) is 0 Å². The van der Waals surface area contributed by atoms with E-state index in [0.29, 0.717) is 24.9 Å². The molecule has 1 fully saturated rings. The summed E-state index contributed by atoms with van der Waals surface area (Å²) in [6, 6.07) is 7.95. The minimum absolute atomic E-state index is 0.121. The van der Waals surface area contributed by atoms with Crippen molar-refractivity contribution in [2.24, 2.45) is 11.8 Å². The summed E-state index contributed by atoms with van der Waals surface area (Å²) in [6.45, 7) is 7.76. The second kappa shape index (κ2) is 8.18. The number of likely N-dealkylation sites (tertiary alicyclic amines) is 1. The van der Waals surface area contributed by atoms with Gasteiger partial charge in [0.05, 0.1) is 13.7 Å². The summed E-state index contributed by atoms with van der Waals surface area (Å²) in [6.07, 6.45) is 2.06. The largest absolute Gasteiger partial charge is 0.496 e. The van der Waals surface area contributed by atoms with Gasteiger partial charge in [0, 0.05) is 19.6 Å². The van der Waals surface area contributed by atoms with Crippen molar-refractivity contribution in [2.45, 2.75) is 26.7 Å². The van der Waals surface area contributed by atoms with Crippen molar-refractivity contribution >= 4 is 5.91 Å². The average molecular weight is 304 g/mol. The molecule has 0 saturated carbocycles. The van der Waals surface area contributed by atoms with Gasteiger partial charge in [0.1, 0.15) is 5.75 Å². The van der Waals surface area contributed by atoms with Crippen LogP contribution < -0.4 is 10.1 Å². The number of methoxy groups -OCH3 is 1. The number of amides is 1. The number of rotatable bonds is 6. The molecule has 2 rings (SSSR count). The predicted octanol–water partition coefficient (Wildman–Crippen LogP) is 2.33. The molecule has 1 aromatic carbocycles. The second-order valence-electron chi connectivity index (χ2n) is 6.55. The summed E-state index contributed by atoms with van der Waals surface area (Å²) in [5, 5.41) is 3.02. The van der Waals surface area contributed by atoms with Crippen LogP contribution in [0.1, 0.15) is 25.8 Å². The van der Waals surface area contributed by atoms with Crippen molar-refractivity contribution in [3.05, 3.63) is 29.8 Å². The molecule has 0 radical (unpaired) electrons. The molecule has 4 heteroatoms. The lowest BCUT2D eigenvalue weighted by Crippen LogP contribution is -2.44. The number of nitrogens with one attached hydrogen (secondary N) is 1. The predicted molar refractivity (Wildman–Crippen MR) is 89.1 cm³/mol. The number of piperidine rings is 1. The van der Waals surface area contributed by atoms with Crippen LogP contribution >= 0.6 is 0 Å². The molecule has 0 spiro atoms. The van der Waals surface area contributed by atoms with Gasteiger partial charge in [-0.1, -0.05) is 32.0 Å². The molecule has 4 nitrogen and oxygen atoms in total. The Balaban J connectivity index is 1.74. The molecule has 1 amide bonds. The van der Waals surface area contributed by atoms with Gasteiger partial charge in [0.2, 0.25) is 5.91 Å². The molecule has 122 valence electrons. The van der Waals surface area contributed by atoms with Crippen LogP contribution in [0, 0.1) is 11.8 Å². The molecule has 1 aliphatic heterocycles. The van der Waals surface area contributed by atoms with Crippen LogP contribution in [0.4, 0.5) is 0 Å². The van der Waals surface area contributed by atoms with Gasteiger partial charge >= 0.3 is 0 Å². The first-order valence-electron chi connectivity index (χ1n) is 8.19. The van der Waals surface area contributed by atoms with E-state index >= 15 is 0 Å². The minimum Gasteiger partial charge on any atom is -0.496 e. The number of benzene rings is 1. The molecule has 22 heavy (non-hydrogen) atoms. The lowest BCUT2D eigenvalue weighted by Gasteiger charge is -2.34. The van der Waals surface area contributed by atoms with Gasteiger partial charge in [-0.2, -0.15) is 0 Å². The summed E-state index contributed by atoms with van der Waals surface area (Å²) >= 11 is 0. The molecular weight excluding hydrogens is 276 g/mol. The number of carbonyl (C=O) groups is 1. The third-order valence-corrected chi connectivity index (χ3v) is 4.22. The van der Waals surface area contributed by atoms with Crippen molar-refractivity contribution < 1.29 is 9.53 Å². The zero-order chi connectivity index (χ0) is 15.9. The highest BCUT2D eigenvalue weighted by atomic mass is 16.5. The van der Waals surface area contributed by atoms with E-state index in [9.17, 15) is 4.79 Å². The fourth-order valence-corrected chi connectivity index (χ4v) is 3.43. The first-order chi connectivity index (χ1) is 10.6. The monoisotopic (exact) mass is 304 g/mol. The van der Waals surface area contributed by atoms with Gasteiger partial charge in [-0.3, -0.25) is 9.69 Å². The van der Waals surface area contributed by atoms with E-state index in [1.165, 1.54) is 6.42 Å². The van der Waals surface area contributed by atoms with Gasteiger partial charge in [-0.25, -0.2) is 0 Å².